The first-order chi connectivity index (χ1) is 16.6. The van der Waals surface area contributed by atoms with Crippen molar-refractivity contribution in [1.82, 2.24) is 10.6 Å². The lowest BCUT2D eigenvalue weighted by atomic mass is 9.83. The Labute approximate surface area is 207 Å². The monoisotopic (exact) mass is 525 g/mol. The molecule has 2 heterocycles. The van der Waals surface area contributed by atoms with Crippen LogP contribution in [-0.2, 0) is 23.9 Å². The summed E-state index contributed by atoms with van der Waals surface area (Å²) < 4.78 is 10.1. The third-order valence-electron chi connectivity index (χ3n) is 6.25. The molecule has 2 aliphatic heterocycles. The highest BCUT2D eigenvalue weighted by Gasteiger charge is 2.49. The first kappa shape index (κ1) is 32.1. The maximum absolute atomic E-state index is 11.2. The average molecular weight is 526 g/mol. The number of aliphatic hydroxyl groups is 7. The van der Waals surface area contributed by atoms with E-state index in [0.717, 1.165) is 6.92 Å². The van der Waals surface area contributed by atoms with Crippen LogP contribution in [0.1, 0.15) is 34.1 Å². The summed E-state index contributed by atoms with van der Waals surface area (Å²) in [5, 5.41) is 82.4. The van der Waals surface area contributed by atoms with E-state index in [1.807, 2.05) is 0 Å². The Morgan fingerprint density at radius 1 is 1.08 bits per heavy atom. The quantitative estimate of drug-likeness (QED) is 0.150. The number of nitrogens with one attached hydrogen (secondary N) is 2. The van der Waals surface area contributed by atoms with Gasteiger partial charge in [-0.15, -0.1) is 0 Å². The van der Waals surface area contributed by atoms with Crippen LogP contribution in [0, 0.1) is 11.8 Å². The lowest BCUT2D eigenvalue weighted by Crippen LogP contribution is -2.65. The normalized spacial score (nSPS) is 38.1. The number of rotatable bonds is 7. The zero-order chi connectivity index (χ0) is 28.0. The van der Waals surface area contributed by atoms with Gasteiger partial charge in [-0.05, 0) is 0 Å². The van der Waals surface area contributed by atoms with Gasteiger partial charge in [0.05, 0.1) is 49.8 Å². The minimum absolute atomic E-state index is 0.276. The lowest BCUT2D eigenvalue weighted by molar-refractivity contribution is -0.373. The van der Waals surface area contributed by atoms with Gasteiger partial charge >= 0.3 is 0 Å². The number of carboxylic acid groups (broad SMARTS) is 1. The number of hydrogen-bond acceptors (Lipinski definition) is 13. The topological polar surface area (TPSA) is 258 Å². The molecule has 0 radical (unpaired) electrons. The van der Waals surface area contributed by atoms with Crippen molar-refractivity contribution in [1.29, 1.82) is 0 Å². The maximum atomic E-state index is 11.2. The van der Waals surface area contributed by atoms with Gasteiger partial charge in [0.15, 0.2) is 6.29 Å². The molecule has 0 aliphatic carbocycles. The van der Waals surface area contributed by atoms with Crippen molar-refractivity contribution in [2.24, 2.45) is 11.8 Å². The van der Waals surface area contributed by atoms with E-state index in [1.165, 1.54) is 13.8 Å². The Morgan fingerprint density at radius 2 is 1.67 bits per heavy atom. The van der Waals surface area contributed by atoms with E-state index in [2.05, 4.69) is 10.6 Å². The molecule has 36 heavy (non-hydrogen) atoms. The Balaban J connectivity index is 0.000000381. The van der Waals surface area contributed by atoms with Crippen LogP contribution in [-0.4, -0.2) is 121 Å². The number of aliphatic hydroxyl groups excluding tert-OH is 6. The Hall–Kier alpha value is -1.95. The van der Waals surface area contributed by atoms with Gasteiger partial charge < -0.3 is 65.8 Å². The van der Waals surface area contributed by atoms with Crippen LogP contribution >= 0.6 is 0 Å². The van der Waals surface area contributed by atoms with E-state index in [4.69, 9.17) is 19.7 Å². The highest BCUT2D eigenvalue weighted by Crippen LogP contribution is 2.33. The van der Waals surface area contributed by atoms with Gasteiger partial charge in [0, 0.05) is 32.1 Å². The molecule has 0 aromatic rings. The van der Waals surface area contributed by atoms with Gasteiger partial charge in [-0.2, -0.15) is 0 Å². The summed E-state index contributed by atoms with van der Waals surface area (Å²) in [6.07, 6.45) is -7.39. The molecule has 2 fully saturated rings. The van der Waals surface area contributed by atoms with Crippen molar-refractivity contribution < 1.29 is 64.7 Å². The zero-order valence-corrected chi connectivity index (χ0v) is 20.5. The van der Waals surface area contributed by atoms with Crippen LogP contribution in [0.25, 0.3) is 0 Å². The van der Waals surface area contributed by atoms with Gasteiger partial charge in [0.1, 0.15) is 12.0 Å². The molecule has 2 amide bonds. The van der Waals surface area contributed by atoms with Crippen molar-refractivity contribution in [3.05, 3.63) is 0 Å². The molecule has 2 aliphatic rings. The molecule has 6 unspecified atom stereocenters. The first-order valence-corrected chi connectivity index (χ1v) is 11.3. The molecule has 0 saturated carbocycles. The molecule has 0 aromatic carbocycles. The van der Waals surface area contributed by atoms with Gasteiger partial charge in [-0.3, -0.25) is 9.59 Å². The fourth-order valence-electron chi connectivity index (χ4n) is 4.05. The summed E-state index contributed by atoms with van der Waals surface area (Å²) in [6, 6.07) is -2.05. The third-order valence-corrected chi connectivity index (χ3v) is 6.25. The molecule has 2 rings (SSSR count). The van der Waals surface area contributed by atoms with Crippen LogP contribution < -0.4 is 15.7 Å². The summed E-state index contributed by atoms with van der Waals surface area (Å²) in [5.41, 5.74) is 0. The number of aliphatic carboxylic acids is 1. The second kappa shape index (κ2) is 13.6. The SMILES string of the molecule is CC(=O)NC1C(O)OC(CO)[C@@H](C)[C@@H]1O.CC(=O)N[C@@H](C1OC(O)(C(=O)[O-])CC(O)[C@H]1C)[C@H](O)CO. The highest BCUT2D eigenvalue weighted by atomic mass is 16.7. The van der Waals surface area contributed by atoms with Crippen LogP contribution in [0.2, 0.25) is 0 Å². The lowest BCUT2D eigenvalue weighted by Gasteiger charge is -2.47. The molecule has 11 atom stereocenters. The van der Waals surface area contributed by atoms with Crippen LogP contribution in [0.4, 0.5) is 0 Å². The summed E-state index contributed by atoms with van der Waals surface area (Å²) in [4.78, 5) is 33.0. The van der Waals surface area contributed by atoms with E-state index < -0.39 is 85.5 Å². The molecule has 15 nitrogen and oxygen atoms in total. The molecule has 15 heteroatoms. The van der Waals surface area contributed by atoms with Crippen LogP contribution in [0.15, 0.2) is 0 Å². The number of carboxylic acids is 1. The third kappa shape index (κ3) is 8.03. The minimum atomic E-state index is -2.73. The highest BCUT2D eigenvalue weighted by molar-refractivity contribution is 5.74. The number of carbonyl (C=O) groups is 3. The Morgan fingerprint density at radius 3 is 2.11 bits per heavy atom. The first-order valence-electron chi connectivity index (χ1n) is 11.3. The molecule has 0 aromatic heterocycles. The zero-order valence-electron chi connectivity index (χ0n) is 20.5. The van der Waals surface area contributed by atoms with E-state index in [-0.39, 0.29) is 18.4 Å². The number of amides is 2. The van der Waals surface area contributed by atoms with Crippen molar-refractivity contribution in [3.63, 3.8) is 0 Å². The molecular weight excluding hydrogens is 488 g/mol. The van der Waals surface area contributed by atoms with Gasteiger partial charge in [0.25, 0.3) is 0 Å². The standard InChI is InChI=1S/C12H21NO8.C9H17NO5/c1-5-7(16)3-12(20,11(18)19)21-10(5)9(8(17)4-14)13-6(2)15;1-4-6(3-11)15-9(14)7(8(4)13)10-5(2)12/h5,7-10,14,16-17,20H,3-4H2,1-2H3,(H,13,15)(H,18,19);4,6-9,11,13-14H,3H2,1-2H3,(H,10,12)/p-1/t5-,7?,8-,9-,10?,12?;4-,6?,7?,8+,9?/m11/s1. The predicted molar refractivity (Wildman–Crippen MR) is 116 cm³/mol. The van der Waals surface area contributed by atoms with Crippen molar-refractivity contribution in [3.8, 4) is 0 Å². The molecule has 0 spiro atoms. The molecule has 9 N–H and O–H groups in total. The number of ether oxygens (including phenoxy) is 2. The number of hydrogen-bond donors (Lipinski definition) is 9. The van der Waals surface area contributed by atoms with Crippen molar-refractivity contribution in [2.45, 2.75) is 88.8 Å². The van der Waals surface area contributed by atoms with Crippen molar-refractivity contribution in [2.75, 3.05) is 13.2 Å². The maximum Gasteiger partial charge on any atom is 0.217 e. The average Bonchev–Trinajstić information content (AvgIpc) is 2.79. The largest absolute Gasteiger partial charge is 0.544 e. The summed E-state index contributed by atoms with van der Waals surface area (Å²) in [6.45, 7) is 4.64. The van der Waals surface area contributed by atoms with E-state index >= 15 is 0 Å². The van der Waals surface area contributed by atoms with Crippen LogP contribution in [0.3, 0.4) is 0 Å². The minimum Gasteiger partial charge on any atom is -0.544 e. The molecular formula is C21H37N2O13-. The second-order valence-corrected chi connectivity index (χ2v) is 9.08. The van der Waals surface area contributed by atoms with E-state index in [9.17, 15) is 45.0 Å². The fourth-order valence-corrected chi connectivity index (χ4v) is 4.05. The van der Waals surface area contributed by atoms with E-state index in [0.29, 0.717) is 0 Å². The Bertz CT molecular complexity index is 755. The smallest absolute Gasteiger partial charge is 0.217 e. The summed E-state index contributed by atoms with van der Waals surface area (Å²) in [5.74, 6) is -6.63. The summed E-state index contributed by atoms with van der Waals surface area (Å²) >= 11 is 0. The second-order valence-electron chi connectivity index (χ2n) is 9.08. The van der Waals surface area contributed by atoms with Gasteiger partial charge in [0.2, 0.25) is 17.6 Å². The number of carbonyl (C=O) groups excluding carboxylic acids is 3. The molecule has 2 saturated heterocycles. The van der Waals surface area contributed by atoms with Crippen LogP contribution in [0.5, 0.6) is 0 Å². The molecule has 210 valence electrons. The predicted octanol–water partition coefficient (Wildman–Crippen LogP) is -5.73. The summed E-state index contributed by atoms with van der Waals surface area (Å²) in [7, 11) is 0. The molecule has 0 bridgehead atoms. The fraction of sp³-hybridized carbons (Fsp3) is 0.857. The van der Waals surface area contributed by atoms with E-state index in [1.54, 1.807) is 6.92 Å². The Kier molecular flexibility index (Phi) is 12.1. The van der Waals surface area contributed by atoms with Crippen molar-refractivity contribution >= 4 is 17.8 Å². The van der Waals surface area contributed by atoms with Gasteiger partial charge in [-0.25, -0.2) is 0 Å². The van der Waals surface area contributed by atoms with Gasteiger partial charge in [-0.1, -0.05) is 13.8 Å².